The van der Waals surface area contributed by atoms with Crippen LogP contribution in [0.25, 0.3) is 0 Å². The van der Waals surface area contributed by atoms with E-state index in [0.29, 0.717) is 22.7 Å². The van der Waals surface area contributed by atoms with Crippen LogP contribution >= 0.6 is 0 Å². The molecule has 11 atom stereocenters. The maximum absolute atomic E-state index is 10.5. The van der Waals surface area contributed by atoms with E-state index in [0.717, 1.165) is 47.8 Å². The van der Waals surface area contributed by atoms with Crippen LogP contribution in [0, 0.1) is 64.1 Å². The highest BCUT2D eigenvalue weighted by Gasteiger charge is 2.61. The lowest BCUT2D eigenvalue weighted by atomic mass is 9.43. The molecule has 0 radical (unpaired) electrons. The third kappa shape index (κ3) is 3.54. The Morgan fingerprint density at radius 3 is 2.10 bits per heavy atom. The molecule has 1 N–H and O–H groups in total. The molecule has 4 fully saturated rings. The Bertz CT molecular complexity index is 636. The van der Waals surface area contributed by atoms with E-state index in [1.807, 2.05) is 0 Å². The van der Waals surface area contributed by atoms with Crippen molar-refractivity contribution >= 4 is 0 Å². The highest BCUT2D eigenvalue weighted by molar-refractivity contribution is 5.12. The minimum absolute atomic E-state index is 0.0507. The van der Waals surface area contributed by atoms with Crippen molar-refractivity contribution in [2.75, 3.05) is 0 Å². The fraction of sp³-hybridized carbons (Fsp3) is 0.931. The first-order chi connectivity index (χ1) is 14.1. The fourth-order valence-electron chi connectivity index (χ4n) is 9.32. The minimum Gasteiger partial charge on any atom is -0.393 e. The molecule has 1 nitrogen and oxygen atoms in total. The van der Waals surface area contributed by atoms with Crippen LogP contribution in [0.15, 0.2) is 12.2 Å². The summed E-state index contributed by atoms with van der Waals surface area (Å²) in [5, 5.41) is 10.5. The Hall–Kier alpha value is -0.300. The number of aliphatic hydroxyl groups is 1. The maximum Gasteiger partial charge on any atom is 0.0568 e. The van der Waals surface area contributed by atoms with Gasteiger partial charge in [-0.1, -0.05) is 60.6 Å². The first-order valence-corrected chi connectivity index (χ1v) is 13.5. The Morgan fingerprint density at radius 1 is 0.767 bits per heavy atom. The zero-order chi connectivity index (χ0) is 21.8. The lowest BCUT2D eigenvalue weighted by Gasteiger charge is -2.62. The largest absolute Gasteiger partial charge is 0.393 e. The van der Waals surface area contributed by atoms with Crippen LogP contribution in [0.4, 0.5) is 0 Å². The van der Waals surface area contributed by atoms with Gasteiger partial charge in [0, 0.05) is 0 Å². The van der Waals surface area contributed by atoms with Gasteiger partial charge in [0.1, 0.15) is 0 Å². The lowest BCUT2D eigenvalue weighted by Crippen LogP contribution is -2.56. The number of aliphatic hydroxyl groups excluding tert-OH is 1. The predicted molar refractivity (Wildman–Crippen MR) is 128 cm³/mol. The van der Waals surface area contributed by atoms with Crippen molar-refractivity contribution in [2.45, 2.75) is 106 Å². The van der Waals surface area contributed by atoms with Crippen LogP contribution < -0.4 is 0 Å². The molecule has 0 saturated heterocycles. The molecule has 4 aliphatic rings. The fourth-order valence-corrected chi connectivity index (χ4v) is 9.32. The van der Waals surface area contributed by atoms with Gasteiger partial charge in [-0.05, 0) is 115 Å². The van der Waals surface area contributed by atoms with Gasteiger partial charge in [-0.3, -0.25) is 0 Å². The molecule has 8 unspecified atom stereocenters. The van der Waals surface area contributed by atoms with Crippen molar-refractivity contribution < 1.29 is 5.11 Å². The van der Waals surface area contributed by atoms with E-state index in [2.05, 4.69) is 60.6 Å². The molecule has 0 heterocycles. The van der Waals surface area contributed by atoms with Crippen LogP contribution in [0.2, 0.25) is 0 Å². The number of hydrogen-bond acceptors (Lipinski definition) is 1. The van der Waals surface area contributed by atoms with Crippen LogP contribution in [0.3, 0.4) is 0 Å². The molecule has 4 saturated carbocycles. The van der Waals surface area contributed by atoms with Crippen LogP contribution in [0.5, 0.6) is 0 Å². The van der Waals surface area contributed by atoms with E-state index in [1.54, 1.807) is 0 Å². The molecule has 0 aliphatic heterocycles. The molecule has 1 heteroatoms. The van der Waals surface area contributed by atoms with Crippen molar-refractivity contribution in [3.8, 4) is 0 Å². The van der Waals surface area contributed by atoms with Gasteiger partial charge >= 0.3 is 0 Å². The molecule has 4 aliphatic carbocycles. The Morgan fingerprint density at radius 2 is 1.40 bits per heavy atom. The quantitative estimate of drug-likeness (QED) is 0.466. The second-order valence-corrected chi connectivity index (χ2v) is 13.1. The smallest absolute Gasteiger partial charge is 0.0568 e. The predicted octanol–water partition coefficient (Wildman–Crippen LogP) is 7.74. The van der Waals surface area contributed by atoms with E-state index >= 15 is 0 Å². The summed E-state index contributed by atoms with van der Waals surface area (Å²) in [6.07, 6.45) is 16.0. The second-order valence-electron chi connectivity index (χ2n) is 13.1. The summed E-state index contributed by atoms with van der Waals surface area (Å²) in [6, 6.07) is 0. The van der Waals surface area contributed by atoms with Crippen LogP contribution in [-0.4, -0.2) is 11.2 Å². The van der Waals surface area contributed by atoms with Crippen molar-refractivity contribution in [3.05, 3.63) is 12.2 Å². The van der Waals surface area contributed by atoms with Crippen molar-refractivity contribution in [1.29, 1.82) is 0 Å². The van der Waals surface area contributed by atoms with Crippen LogP contribution in [-0.2, 0) is 0 Å². The Kier molecular flexibility index (Phi) is 6.28. The Balaban J connectivity index is 1.51. The normalized spacial score (nSPS) is 50.8. The third-order valence-corrected chi connectivity index (χ3v) is 11.6. The van der Waals surface area contributed by atoms with E-state index in [9.17, 15) is 5.11 Å². The highest BCUT2D eigenvalue weighted by Crippen LogP contribution is 2.68. The molecule has 0 bridgehead atoms. The standard InChI is InChI=1S/C29H50O/c1-18(2)19(3)8-9-20(4)23-12-13-25-22-10-11-24-21(5)27(30)15-17-29(24,7)26(22)14-16-28(23,25)6/h8-9,18-27,30H,10-17H2,1-7H3/b9-8+/t19-,20+,21-,22?,23?,24?,25?,26?,27?,28?,29?/m0/s1. The van der Waals surface area contributed by atoms with Crippen molar-refractivity contribution in [2.24, 2.45) is 64.1 Å². The van der Waals surface area contributed by atoms with Gasteiger partial charge in [0.25, 0.3) is 0 Å². The van der Waals surface area contributed by atoms with Crippen molar-refractivity contribution in [1.82, 2.24) is 0 Å². The lowest BCUT2D eigenvalue weighted by molar-refractivity contribution is -0.148. The zero-order valence-electron chi connectivity index (χ0n) is 21.0. The number of allylic oxidation sites excluding steroid dienone is 2. The molecule has 0 aromatic heterocycles. The molecule has 0 aromatic rings. The zero-order valence-corrected chi connectivity index (χ0v) is 21.0. The van der Waals surface area contributed by atoms with Gasteiger partial charge in [-0.15, -0.1) is 0 Å². The highest BCUT2D eigenvalue weighted by atomic mass is 16.3. The monoisotopic (exact) mass is 414 g/mol. The van der Waals surface area contributed by atoms with Crippen molar-refractivity contribution in [3.63, 3.8) is 0 Å². The average Bonchev–Trinajstić information content (AvgIpc) is 3.06. The minimum atomic E-state index is -0.0507. The molecule has 4 rings (SSSR count). The maximum atomic E-state index is 10.5. The van der Waals surface area contributed by atoms with Gasteiger partial charge < -0.3 is 5.11 Å². The van der Waals surface area contributed by atoms with Gasteiger partial charge in [-0.2, -0.15) is 0 Å². The summed E-state index contributed by atoms with van der Waals surface area (Å²) in [4.78, 5) is 0. The SMILES string of the molecule is CC(C)[C@@H](C)/C=C/[C@@H](C)C1CCC2C3CCC4[C@H](C)C(O)CCC4(C)C3CCC21C. The third-order valence-electron chi connectivity index (χ3n) is 11.6. The van der Waals surface area contributed by atoms with E-state index < -0.39 is 0 Å². The first-order valence-electron chi connectivity index (χ1n) is 13.5. The first kappa shape index (κ1) is 22.9. The number of hydrogen-bond donors (Lipinski definition) is 1. The van der Waals surface area contributed by atoms with Crippen LogP contribution in [0.1, 0.15) is 99.8 Å². The molecule has 172 valence electrons. The van der Waals surface area contributed by atoms with Gasteiger partial charge in [0.2, 0.25) is 0 Å². The van der Waals surface area contributed by atoms with E-state index in [4.69, 9.17) is 0 Å². The second kappa shape index (κ2) is 8.24. The molecule has 0 amide bonds. The molecule has 30 heavy (non-hydrogen) atoms. The molecular weight excluding hydrogens is 364 g/mol. The topological polar surface area (TPSA) is 20.2 Å². The summed E-state index contributed by atoms with van der Waals surface area (Å²) in [7, 11) is 0. The van der Waals surface area contributed by atoms with Gasteiger partial charge in [0.15, 0.2) is 0 Å². The summed E-state index contributed by atoms with van der Waals surface area (Å²) < 4.78 is 0. The summed E-state index contributed by atoms with van der Waals surface area (Å²) in [6.45, 7) is 17.2. The summed E-state index contributed by atoms with van der Waals surface area (Å²) >= 11 is 0. The molecule has 0 spiro atoms. The van der Waals surface area contributed by atoms with Gasteiger partial charge in [0.05, 0.1) is 6.10 Å². The molecule has 0 aromatic carbocycles. The average molecular weight is 415 g/mol. The van der Waals surface area contributed by atoms with E-state index in [-0.39, 0.29) is 6.10 Å². The molecular formula is C29H50O. The number of fused-ring (bicyclic) bond motifs is 5. The Labute approximate surface area is 187 Å². The number of rotatable bonds is 4. The van der Waals surface area contributed by atoms with Gasteiger partial charge in [-0.25, -0.2) is 0 Å². The van der Waals surface area contributed by atoms with E-state index in [1.165, 1.54) is 44.9 Å². The summed E-state index contributed by atoms with van der Waals surface area (Å²) in [5.41, 5.74) is 1.04. The summed E-state index contributed by atoms with van der Waals surface area (Å²) in [5.74, 6) is 7.07.